The van der Waals surface area contributed by atoms with Crippen molar-refractivity contribution in [2.45, 2.75) is 38.6 Å². The van der Waals surface area contributed by atoms with Crippen LogP contribution in [0.3, 0.4) is 0 Å². The predicted octanol–water partition coefficient (Wildman–Crippen LogP) is 1.77. The van der Waals surface area contributed by atoms with Crippen molar-refractivity contribution in [1.82, 2.24) is 14.7 Å². The Morgan fingerprint density at radius 1 is 1.29 bits per heavy atom. The molecule has 0 atom stereocenters. The first kappa shape index (κ1) is 11.1. The minimum absolute atomic E-state index is 0.662. The lowest BCUT2D eigenvalue weighted by atomic mass is 9.68. The number of likely N-dealkylation sites (tertiary alicyclic amines) is 1. The maximum absolute atomic E-state index is 5.97. The number of nitrogens with two attached hydrogens (primary N) is 1. The molecule has 4 heteroatoms. The van der Waals surface area contributed by atoms with Crippen molar-refractivity contribution in [3.63, 3.8) is 0 Å². The van der Waals surface area contributed by atoms with E-state index >= 15 is 0 Å². The average Bonchev–Trinajstić information content (AvgIpc) is 2.60. The standard InChI is InChI=1S/C13H22N4/c1-16-12(14)11(7-15-16)8-17-9-13(10-17)5-3-2-4-6-13/h7H,2-6,8-10,14H2,1H3. The minimum atomic E-state index is 0.662. The summed E-state index contributed by atoms with van der Waals surface area (Å²) in [6, 6.07) is 0. The average molecular weight is 234 g/mol. The van der Waals surface area contributed by atoms with Gasteiger partial charge >= 0.3 is 0 Å². The van der Waals surface area contributed by atoms with Crippen LogP contribution in [0.15, 0.2) is 6.20 Å². The molecule has 0 bridgehead atoms. The highest BCUT2D eigenvalue weighted by atomic mass is 15.3. The van der Waals surface area contributed by atoms with Gasteiger partial charge in [-0.05, 0) is 18.3 Å². The first-order valence-corrected chi connectivity index (χ1v) is 6.67. The zero-order valence-corrected chi connectivity index (χ0v) is 10.7. The molecular weight excluding hydrogens is 212 g/mol. The first-order valence-electron chi connectivity index (χ1n) is 6.67. The van der Waals surface area contributed by atoms with Gasteiger partial charge in [0, 0.05) is 32.2 Å². The Morgan fingerprint density at radius 2 is 2.00 bits per heavy atom. The molecule has 0 radical (unpaired) electrons. The maximum Gasteiger partial charge on any atom is 0.125 e. The van der Waals surface area contributed by atoms with Crippen molar-refractivity contribution in [2.75, 3.05) is 18.8 Å². The molecular formula is C13H22N4. The molecule has 1 saturated carbocycles. The normalized spacial score (nSPS) is 23.8. The number of hydrogen-bond acceptors (Lipinski definition) is 3. The first-order chi connectivity index (χ1) is 8.19. The van der Waals surface area contributed by atoms with E-state index < -0.39 is 0 Å². The van der Waals surface area contributed by atoms with Crippen LogP contribution in [0.2, 0.25) is 0 Å². The van der Waals surface area contributed by atoms with Crippen molar-refractivity contribution in [3.05, 3.63) is 11.8 Å². The van der Waals surface area contributed by atoms with E-state index in [0.717, 1.165) is 12.4 Å². The molecule has 2 heterocycles. The van der Waals surface area contributed by atoms with Crippen LogP contribution in [-0.4, -0.2) is 27.8 Å². The van der Waals surface area contributed by atoms with Gasteiger partial charge in [-0.15, -0.1) is 0 Å². The Labute approximate surface area is 103 Å². The summed E-state index contributed by atoms with van der Waals surface area (Å²) in [7, 11) is 1.90. The van der Waals surface area contributed by atoms with Gasteiger partial charge in [-0.2, -0.15) is 5.10 Å². The third-order valence-electron chi connectivity index (χ3n) is 4.49. The van der Waals surface area contributed by atoms with Crippen molar-refractivity contribution in [1.29, 1.82) is 0 Å². The highest BCUT2D eigenvalue weighted by Crippen LogP contribution is 2.44. The molecule has 2 aliphatic rings. The molecule has 4 nitrogen and oxygen atoms in total. The number of aromatic nitrogens is 2. The highest BCUT2D eigenvalue weighted by Gasteiger charge is 2.43. The molecule has 0 unspecified atom stereocenters. The molecule has 1 spiro atoms. The number of aryl methyl sites for hydroxylation is 1. The van der Waals surface area contributed by atoms with Gasteiger partial charge in [0.25, 0.3) is 0 Å². The Balaban J connectivity index is 1.57. The second-order valence-corrected chi connectivity index (χ2v) is 5.88. The molecule has 2 N–H and O–H groups in total. The van der Waals surface area contributed by atoms with E-state index in [1.165, 1.54) is 50.8 Å². The van der Waals surface area contributed by atoms with E-state index in [1.807, 2.05) is 13.2 Å². The third kappa shape index (κ3) is 1.95. The molecule has 0 aromatic carbocycles. The minimum Gasteiger partial charge on any atom is -0.384 e. The third-order valence-corrected chi connectivity index (χ3v) is 4.49. The van der Waals surface area contributed by atoms with Crippen LogP contribution >= 0.6 is 0 Å². The van der Waals surface area contributed by atoms with Gasteiger partial charge in [0.2, 0.25) is 0 Å². The number of hydrogen-bond donors (Lipinski definition) is 1. The van der Waals surface area contributed by atoms with E-state index in [2.05, 4.69) is 10.00 Å². The van der Waals surface area contributed by atoms with Gasteiger partial charge in [0.05, 0.1) is 6.20 Å². The number of nitrogen functional groups attached to an aromatic ring is 1. The summed E-state index contributed by atoms with van der Waals surface area (Å²) in [5, 5.41) is 4.20. The van der Waals surface area contributed by atoms with Crippen LogP contribution in [0.25, 0.3) is 0 Å². The largest absolute Gasteiger partial charge is 0.384 e. The van der Waals surface area contributed by atoms with Gasteiger partial charge in [-0.1, -0.05) is 19.3 Å². The summed E-state index contributed by atoms with van der Waals surface area (Å²) in [4.78, 5) is 2.51. The van der Waals surface area contributed by atoms with Crippen LogP contribution in [0, 0.1) is 5.41 Å². The fourth-order valence-electron chi connectivity index (χ4n) is 3.49. The summed E-state index contributed by atoms with van der Waals surface area (Å²) >= 11 is 0. The van der Waals surface area contributed by atoms with E-state index in [9.17, 15) is 0 Å². The molecule has 1 aliphatic carbocycles. The topological polar surface area (TPSA) is 47.1 Å². The van der Waals surface area contributed by atoms with Crippen LogP contribution in [0.1, 0.15) is 37.7 Å². The number of rotatable bonds is 2. The summed E-state index contributed by atoms with van der Waals surface area (Å²) in [6.07, 6.45) is 9.09. The fraction of sp³-hybridized carbons (Fsp3) is 0.769. The Hall–Kier alpha value is -1.03. The smallest absolute Gasteiger partial charge is 0.125 e. The maximum atomic E-state index is 5.97. The van der Waals surface area contributed by atoms with Crippen molar-refractivity contribution in [2.24, 2.45) is 12.5 Å². The number of anilines is 1. The fourth-order valence-corrected chi connectivity index (χ4v) is 3.49. The molecule has 1 saturated heterocycles. The van der Waals surface area contributed by atoms with Gasteiger partial charge < -0.3 is 5.73 Å². The molecule has 3 rings (SSSR count). The zero-order chi connectivity index (χ0) is 11.9. The number of nitrogens with zero attached hydrogens (tertiary/aromatic N) is 3. The highest BCUT2D eigenvalue weighted by molar-refractivity contribution is 5.38. The summed E-state index contributed by atoms with van der Waals surface area (Å²) in [5.74, 6) is 0.814. The molecule has 1 aliphatic heterocycles. The van der Waals surface area contributed by atoms with E-state index in [1.54, 1.807) is 4.68 Å². The van der Waals surface area contributed by atoms with Crippen molar-refractivity contribution in [3.8, 4) is 0 Å². The SMILES string of the molecule is Cn1ncc(CN2CC3(CCCCC3)C2)c1N. The van der Waals surface area contributed by atoms with Gasteiger partial charge in [0.15, 0.2) is 0 Å². The van der Waals surface area contributed by atoms with Crippen LogP contribution in [-0.2, 0) is 13.6 Å². The molecule has 0 amide bonds. The second kappa shape index (κ2) is 4.02. The van der Waals surface area contributed by atoms with E-state index in [0.29, 0.717) is 5.41 Å². The quantitative estimate of drug-likeness (QED) is 0.848. The van der Waals surface area contributed by atoms with Gasteiger partial charge in [-0.25, -0.2) is 0 Å². The summed E-state index contributed by atoms with van der Waals surface area (Å²) in [5.41, 5.74) is 7.81. The van der Waals surface area contributed by atoms with Crippen molar-refractivity contribution < 1.29 is 0 Å². The van der Waals surface area contributed by atoms with Gasteiger partial charge in [-0.3, -0.25) is 9.58 Å². The molecule has 1 aromatic heterocycles. The van der Waals surface area contributed by atoms with Crippen LogP contribution < -0.4 is 5.73 Å². The van der Waals surface area contributed by atoms with Crippen LogP contribution in [0.5, 0.6) is 0 Å². The van der Waals surface area contributed by atoms with Crippen molar-refractivity contribution >= 4 is 5.82 Å². The molecule has 94 valence electrons. The van der Waals surface area contributed by atoms with Gasteiger partial charge in [0.1, 0.15) is 5.82 Å². The lowest BCUT2D eigenvalue weighted by Crippen LogP contribution is -2.56. The predicted molar refractivity (Wildman–Crippen MR) is 68.4 cm³/mol. The molecule has 17 heavy (non-hydrogen) atoms. The zero-order valence-electron chi connectivity index (χ0n) is 10.7. The lowest BCUT2D eigenvalue weighted by Gasteiger charge is -2.52. The van der Waals surface area contributed by atoms with E-state index in [-0.39, 0.29) is 0 Å². The summed E-state index contributed by atoms with van der Waals surface area (Å²) in [6.45, 7) is 3.50. The monoisotopic (exact) mass is 234 g/mol. The molecule has 1 aromatic rings. The lowest BCUT2D eigenvalue weighted by molar-refractivity contribution is -0.0331. The second-order valence-electron chi connectivity index (χ2n) is 5.88. The Morgan fingerprint density at radius 3 is 2.59 bits per heavy atom. The Bertz CT molecular complexity index is 396. The van der Waals surface area contributed by atoms with Crippen LogP contribution in [0.4, 0.5) is 5.82 Å². The van der Waals surface area contributed by atoms with E-state index in [4.69, 9.17) is 5.73 Å². The summed E-state index contributed by atoms with van der Waals surface area (Å²) < 4.78 is 1.76. The Kier molecular flexibility index (Phi) is 2.62. The molecule has 2 fully saturated rings.